The molecule has 9 heteroatoms. The molecule has 2 fully saturated rings. The van der Waals surface area contributed by atoms with Crippen LogP contribution in [0.1, 0.15) is 68.0 Å². The molecule has 2 aliphatic heterocycles. The number of rotatable bonds is 4. The number of nitrogens with two attached hydrogens (primary N) is 1. The second-order valence-corrected chi connectivity index (χ2v) is 11.7. The van der Waals surface area contributed by atoms with E-state index >= 15 is 0 Å². The first-order valence-corrected chi connectivity index (χ1v) is 13.8. The first-order valence-electron chi connectivity index (χ1n) is 13.8. The van der Waals surface area contributed by atoms with Crippen molar-refractivity contribution in [1.29, 1.82) is 0 Å². The quantitative estimate of drug-likeness (QED) is 0.279. The van der Waals surface area contributed by atoms with E-state index in [1.807, 2.05) is 60.5 Å². The fraction of sp³-hybridized carbons (Fsp3) is 0.344. The van der Waals surface area contributed by atoms with E-state index in [0.29, 0.717) is 29.1 Å². The van der Waals surface area contributed by atoms with Crippen LogP contribution in [0.2, 0.25) is 0 Å². The predicted octanol–water partition coefficient (Wildman–Crippen LogP) is 6.82. The van der Waals surface area contributed by atoms with Gasteiger partial charge in [-0.2, -0.15) is 13.2 Å². The van der Waals surface area contributed by atoms with Crippen LogP contribution in [0.25, 0.3) is 16.8 Å². The van der Waals surface area contributed by atoms with E-state index in [9.17, 15) is 18.0 Å². The highest BCUT2D eigenvalue weighted by atomic mass is 19.4. The topological polar surface area (TPSA) is 76.5 Å². The monoisotopic (exact) mass is 559 g/mol. The van der Waals surface area contributed by atoms with Crippen molar-refractivity contribution < 1.29 is 18.0 Å². The Morgan fingerprint density at radius 3 is 2.54 bits per heavy atom. The number of hydrogen-bond donors (Lipinski definition) is 1. The number of piperidine rings is 1. The van der Waals surface area contributed by atoms with E-state index < -0.39 is 17.2 Å². The van der Waals surface area contributed by atoms with Crippen LogP contribution in [0.5, 0.6) is 0 Å². The minimum absolute atomic E-state index is 0.0140. The van der Waals surface area contributed by atoms with Crippen LogP contribution in [0.3, 0.4) is 0 Å². The fourth-order valence-electron chi connectivity index (χ4n) is 6.36. The summed E-state index contributed by atoms with van der Waals surface area (Å²) < 4.78 is 41.7. The highest BCUT2D eigenvalue weighted by Gasteiger charge is 2.50. The van der Waals surface area contributed by atoms with Crippen molar-refractivity contribution in [3.8, 4) is 11.3 Å². The van der Waals surface area contributed by atoms with E-state index in [-0.39, 0.29) is 23.8 Å². The van der Waals surface area contributed by atoms with Crippen LogP contribution in [0.4, 0.5) is 19.0 Å². The average molecular weight is 560 g/mol. The van der Waals surface area contributed by atoms with Gasteiger partial charge in [0, 0.05) is 36.3 Å². The van der Waals surface area contributed by atoms with Gasteiger partial charge < -0.3 is 10.6 Å². The molecule has 0 radical (unpaired) electrons. The fourth-order valence-corrected chi connectivity index (χ4v) is 6.36. The Morgan fingerprint density at radius 2 is 1.83 bits per heavy atom. The highest BCUT2D eigenvalue weighted by molar-refractivity contribution is 5.90. The first-order chi connectivity index (χ1) is 19.4. The zero-order valence-electron chi connectivity index (χ0n) is 23.2. The molecule has 0 aliphatic carbocycles. The normalized spacial score (nSPS) is 21.4. The maximum absolute atomic E-state index is 13.3. The molecule has 0 bridgehead atoms. The summed E-state index contributed by atoms with van der Waals surface area (Å²) in [4.78, 5) is 24.5. The molecule has 2 aromatic heterocycles. The van der Waals surface area contributed by atoms with Crippen molar-refractivity contribution in [3.63, 3.8) is 0 Å². The Hall–Kier alpha value is -4.14. The van der Waals surface area contributed by atoms with Gasteiger partial charge in [-0.1, -0.05) is 56.0 Å². The second kappa shape index (κ2) is 9.46. The Balaban J connectivity index is 1.33. The van der Waals surface area contributed by atoms with Gasteiger partial charge in [0.05, 0.1) is 17.0 Å². The Labute approximate surface area is 236 Å². The van der Waals surface area contributed by atoms with E-state index in [4.69, 9.17) is 10.7 Å². The van der Waals surface area contributed by atoms with Crippen LogP contribution >= 0.6 is 0 Å². The van der Waals surface area contributed by atoms with Gasteiger partial charge in [-0.3, -0.25) is 9.20 Å². The number of nitrogens with zero attached hydrogens (tertiary/aromatic N) is 4. The smallest absolute Gasteiger partial charge is 0.382 e. The van der Waals surface area contributed by atoms with Crippen LogP contribution < -0.4 is 5.73 Å². The average Bonchev–Trinajstić information content (AvgIpc) is 3.43. The number of imidazole rings is 1. The summed E-state index contributed by atoms with van der Waals surface area (Å²) in [7, 11) is 0. The lowest BCUT2D eigenvalue weighted by Gasteiger charge is -2.34. The van der Waals surface area contributed by atoms with E-state index in [2.05, 4.69) is 11.6 Å². The zero-order chi connectivity index (χ0) is 29.3. The number of benzene rings is 2. The molecule has 3 atom stereocenters. The molecule has 0 unspecified atom stereocenters. The van der Waals surface area contributed by atoms with Gasteiger partial charge in [0.15, 0.2) is 0 Å². The van der Waals surface area contributed by atoms with Crippen molar-refractivity contribution in [1.82, 2.24) is 19.3 Å². The van der Waals surface area contributed by atoms with Gasteiger partial charge >= 0.3 is 6.18 Å². The van der Waals surface area contributed by atoms with Crippen LogP contribution in [0, 0.1) is 5.41 Å². The first kappa shape index (κ1) is 27.1. The van der Waals surface area contributed by atoms with Crippen LogP contribution in [-0.2, 0) is 11.0 Å². The largest absolute Gasteiger partial charge is 0.416 e. The summed E-state index contributed by atoms with van der Waals surface area (Å²) in [6.07, 6.45) is 0.791. The maximum Gasteiger partial charge on any atom is 0.416 e. The Kier molecular flexibility index (Phi) is 6.24. The number of nitrogen functional groups attached to an aromatic ring is 1. The molecule has 2 aromatic carbocycles. The number of aromatic nitrogens is 3. The predicted molar refractivity (Wildman–Crippen MR) is 152 cm³/mol. The van der Waals surface area contributed by atoms with Crippen molar-refractivity contribution in [2.45, 2.75) is 57.7 Å². The van der Waals surface area contributed by atoms with Gasteiger partial charge in [-0.25, -0.2) is 9.97 Å². The van der Waals surface area contributed by atoms with Crippen molar-refractivity contribution in [2.24, 2.45) is 5.41 Å². The van der Waals surface area contributed by atoms with Gasteiger partial charge in [-0.05, 0) is 49.5 Å². The molecule has 2 aliphatic rings. The molecule has 0 spiro atoms. The molecule has 41 heavy (non-hydrogen) atoms. The second-order valence-electron chi connectivity index (χ2n) is 11.7. The van der Waals surface area contributed by atoms with Crippen molar-refractivity contribution >= 4 is 17.2 Å². The zero-order valence-corrected chi connectivity index (χ0v) is 23.2. The van der Waals surface area contributed by atoms with Crippen molar-refractivity contribution in [2.75, 3.05) is 12.3 Å². The minimum atomic E-state index is -4.39. The summed E-state index contributed by atoms with van der Waals surface area (Å²) in [5.74, 6) is 1.06. The molecular weight excluding hydrogens is 527 g/mol. The highest BCUT2D eigenvalue weighted by Crippen LogP contribution is 2.46. The van der Waals surface area contributed by atoms with E-state index in [1.165, 1.54) is 12.1 Å². The SMILES string of the molecule is C=C1[C@@H]2CC[C@@H](c3nc(-c4ccc([C@H](C)c5cccc(C(F)(F)F)c5)cc4)c4c(N)nccn34)CN2C(=O)C1(C)C. The third-order valence-electron chi connectivity index (χ3n) is 8.96. The Bertz CT molecular complexity index is 1670. The van der Waals surface area contributed by atoms with Gasteiger partial charge in [-0.15, -0.1) is 0 Å². The maximum atomic E-state index is 13.3. The van der Waals surface area contributed by atoms with Gasteiger partial charge in [0.25, 0.3) is 0 Å². The number of carbonyl (C=O) groups is 1. The summed E-state index contributed by atoms with van der Waals surface area (Å²) in [5, 5.41) is 0. The molecule has 2 N–H and O–H groups in total. The number of hydrogen-bond acceptors (Lipinski definition) is 4. The van der Waals surface area contributed by atoms with Crippen LogP contribution in [0.15, 0.2) is 73.1 Å². The molecule has 1 amide bonds. The van der Waals surface area contributed by atoms with Gasteiger partial charge in [0.2, 0.25) is 5.91 Å². The van der Waals surface area contributed by atoms with E-state index in [1.54, 1.807) is 12.3 Å². The van der Waals surface area contributed by atoms with Crippen molar-refractivity contribution in [3.05, 3.63) is 95.6 Å². The third kappa shape index (κ3) is 4.38. The number of amides is 1. The lowest BCUT2D eigenvalue weighted by molar-refractivity contribution is -0.138. The summed E-state index contributed by atoms with van der Waals surface area (Å²) in [6.45, 7) is 10.6. The van der Waals surface area contributed by atoms with Crippen LogP contribution in [-0.4, -0.2) is 37.8 Å². The summed E-state index contributed by atoms with van der Waals surface area (Å²) >= 11 is 0. The number of halogens is 3. The molecule has 2 saturated heterocycles. The minimum Gasteiger partial charge on any atom is -0.382 e. The lowest BCUT2D eigenvalue weighted by atomic mass is 9.83. The summed E-state index contributed by atoms with van der Waals surface area (Å²) in [6, 6.07) is 13.2. The molecular formula is C32H32F3N5O. The molecule has 4 aromatic rings. The third-order valence-corrected chi connectivity index (χ3v) is 8.96. The number of carbonyl (C=O) groups excluding carboxylic acids is 1. The van der Waals surface area contributed by atoms with Gasteiger partial charge in [0.1, 0.15) is 22.9 Å². The molecule has 6 rings (SSSR count). The number of fused-ring (bicyclic) bond motifs is 2. The number of anilines is 1. The molecule has 4 heterocycles. The number of alkyl halides is 3. The standard InChI is InChI=1S/C32H32F3N5O/c1-18(22-6-5-7-24(16-22)32(33,34)35)20-8-10-21(11-9-20)26-27-28(36)37-14-15-39(27)29(38-26)23-12-13-25-19(2)31(3,4)30(41)40(25)17-23/h5-11,14-16,18,23,25H,2,12-13,17H2,1,3-4H3,(H2,36,37)/t18-,23+,25-/m0/s1. The summed E-state index contributed by atoms with van der Waals surface area (Å²) in [5.41, 5.74) is 9.80. The molecule has 0 saturated carbocycles. The molecule has 212 valence electrons. The molecule has 6 nitrogen and oxygen atoms in total. The lowest BCUT2D eigenvalue weighted by Crippen LogP contribution is -2.42. The Morgan fingerprint density at radius 1 is 1.10 bits per heavy atom. The van der Waals surface area contributed by atoms with E-state index in [0.717, 1.165) is 41.4 Å².